The van der Waals surface area contributed by atoms with Crippen molar-refractivity contribution in [3.05, 3.63) is 56.5 Å². The maximum atomic E-state index is 12.2. The maximum Gasteiger partial charge on any atom is 0.272 e. The van der Waals surface area contributed by atoms with Gasteiger partial charge in [0.15, 0.2) is 0 Å². The summed E-state index contributed by atoms with van der Waals surface area (Å²) in [5, 5.41) is 4.40. The fraction of sp³-hybridized carbons (Fsp3) is 0.263. The molecule has 0 atom stereocenters. The highest BCUT2D eigenvalue weighted by molar-refractivity contribution is 9.10. The fourth-order valence-electron chi connectivity index (χ4n) is 2.22. The largest absolute Gasteiger partial charge is 0.493 e. The maximum absolute atomic E-state index is 12.2. The first kappa shape index (κ1) is 20.3. The first-order valence-corrected chi connectivity index (χ1v) is 9.32. The van der Waals surface area contributed by atoms with Gasteiger partial charge in [0, 0.05) is 11.6 Å². The van der Waals surface area contributed by atoms with E-state index in [0.717, 1.165) is 10.0 Å². The number of hydrogen-bond acceptors (Lipinski definition) is 4. The van der Waals surface area contributed by atoms with Gasteiger partial charge in [-0.3, -0.25) is 4.79 Å². The Balaban J connectivity index is 2.18. The van der Waals surface area contributed by atoms with Crippen LogP contribution < -0.4 is 14.9 Å². The quantitative estimate of drug-likeness (QED) is 0.489. The van der Waals surface area contributed by atoms with Gasteiger partial charge in [0.2, 0.25) is 0 Å². The number of nitrogens with zero attached hydrogens (tertiary/aromatic N) is 1. The molecule has 0 aliphatic rings. The minimum absolute atomic E-state index is 0.368. The third kappa shape index (κ3) is 5.22. The van der Waals surface area contributed by atoms with Gasteiger partial charge < -0.3 is 9.47 Å². The Bertz CT molecular complexity index is 825. The minimum atomic E-state index is -0.380. The monoisotopic (exact) mass is 438 g/mol. The van der Waals surface area contributed by atoms with Gasteiger partial charge in [-0.05, 0) is 60.5 Å². The van der Waals surface area contributed by atoms with Crippen molar-refractivity contribution in [3.63, 3.8) is 0 Å². The molecule has 0 unspecified atom stereocenters. The molecule has 2 aromatic rings. The molecule has 0 aliphatic heterocycles. The minimum Gasteiger partial charge on any atom is -0.493 e. The van der Waals surface area contributed by atoms with Gasteiger partial charge in [-0.1, -0.05) is 17.7 Å². The molecule has 0 saturated carbocycles. The van der Waals surface area contributed by atoms with Gasteiger partial charge in [0.05, 0.1) is 34.5 Å². The summed E-state index contributed by atoms with van der Waals surface area (Å²) < 4.78 is 11.9. The molecule has 0 heterocycles. The van der Waals surface area contributed by atoms with Crippen LogP contribution in [0.1, 0.15) is 35.3 Å². The number of benzene rings is 2. The van der Waals surface area contributed by atoms with Gasteiger partial charge in [-0.25, -0.2) is 5.43 Å². The van der Waals surface area contributed by atoms with E-state index in [1.54, 1.807) is 18.2 Å². The highest BCUT2D eigenvalue weighted by Gasteiger charge is 2.11. The molecule has 1 N–H and O–H groups in total. The number of ether oxygens (including phenoxy) is 2. The highest BCUT2D eigenvalue weighted by Crippen LogP contribution is 2.32. The smallest absolute Gasteiger partial charge is 0.272 e. The summed E-state index contributed by atoms with van der Waals surface area (Å²) in [6.07, 6.45) is 1.52. The Hall–Kier alpha value is -2.05. The number of nitrogens with one attached hydrogen (secondary N) is 1. The normalized spacial score (nSPS) is 10.8. The van der Waals surface area contributed by atoms with Crippen molar-refractivity contribution in [2.45, 2.75) is 20.8 Å². The standard InChI is InChI=1S/C19H20BrClN2O3/c1-4-25-17-10-18(26-5-2)15(20)9-13(17)11-22-23-19(24)14-7-6-12(3)8-16(14)21/h6-11H,4-5H2,1-3H3,(H,23,24)/b22-11-. The highest BCUT2D eigenvalue weighted by atomic mass is 79.9. The number of carbonyl (C=O) groups is 1. The summed E-state index contributed by atoms with van der Waals surface area (Å²) >= 11 is 9.56. The van der Waals surface area contributed by atoms with E-state index >= 15 is 0 Å². The Morgan fingerprint density at radius 3 is 2.54 bits per heavy atom. The molecule has 0 bridgehead atoms. The molecule has 0 saturated heterocycles. The lowest BCUT2D eigenvalue weighted by atomic mass is 10.1. The summed E-state index contributed by atoms with van der Waals surface area (Å²) in [5.74, 6) is 0.920. The Morgan fingerprint density at radius 1 is 1.19 bits per heavy atom. The lowest BCUT2D eigenvalue weighted by molar-refractivity contribution is 0.0955. The second-order valence-electron chi connectivity index (χ2n) is 5.37. The van der Waals surface area contributed by atoms with Crippen LogP contribution in [-0.2, 0) is 0 Å². The van der Waals surface area contributed by atoms with E-state index in [4.69, 9.17) is 21.1 Å². The molecule has 138 valence electrons. The Morgan fingerprint density at radius 2 is 1.88 bits per heavy atom. The predicted molar refractivity (Wildman–Crippen MR) is 108 cm³/mol. The summed E-state index contributed by atoms with van der Waals surface area (Å²) in [6, 6.07) is 8.83. The van der Waals surface area contributed by atoms with Crippen LogP contribution in [0.3, 0.4) is 0 Å². The number of carbonyl (C=O) groups excluding carboxylic acids is 1. The van der Waals surface area contributed by atoms with E-state index in [1.165, 1.54) is 6.21 Å². The van der Waals surface area contributed by atoms with E-state index in [-0.39, 0.29) is 5.91 Å². The van der Waals surface area contributed by atoms with Crippen LogP contribution >= 0.6 is 27.5 Å². The van der Waals surface area contributed by atoms with E-state index in [1.807, 2.05) is 32.9 Å². The first-order valence-electron chi connectivity index (χ1n) is 8.15. The number of hydrazone groups is 1. The van der Waals surface area contributed by atoms with Crippen LogP contribution in [0.5, 0.6) is 11.5 Å². The molecule has 2 aromatic carbocycles. The van der Waals surface area contributed by atoms with Crippen molar-refractivity contribution in [1.82, 2.24) is 5.43 Å². The molecular weight excluding hydrogens is 420 g/mol. The number of aryl methyl sites for hydroxylation is 1. The van der Waals surface area contributed by atoms with Crippen LogP contribution in [-0.4, -0.2) is 25.3 Å². The van der Waals surface area contributed by atoms with Crippen LogP contribution in [0.15, 0.2) is 39.9 Å². The molecule has 5 nitrogen and oxygen atoms in total. The Labute approximate surface area is 166 Å². The van der Waals surface area contributed by atoms with Crippen LogP contribution in [0.25, 0.3) is 0 Å². The van der Waals surface area contributed by atoms with Gasteiger partial charge in [-0.15, -0.1) is 0 Å². The first-order chi connectivity index (χ1) is 12.5. The fourth-order valence-corrected chi connectivity index (χ4v) is 3.02. The number of rotatable bonds is 7. The SMILES string of the molecule is CCOc1cc(OCC)c(/C=N\NC(=O)c2ccc(C)cc2Cl)cc1Br. The lowest BCUT2D eigenvalue weighted by Gasteiger charge is -2.12. The molecule has 2 rings (SSSR count). The van der Waals surface area contributed by atoms with Crippen molar-refractivity contribution in [1.29, 1.82) is 0 Å². The zero-order chi connectivity index (χ0) is 19.1. The van der Waals surface area contributed by atoms with Crippen LogP contribution in [0.2, 0.25) is 5.02 Å². The predicted octanol–water partition coefficient (Wildman–Crippen LogP) is 4.97. The van der Waals surface area contributed by atoms with Crippen LogP contribution in [0, 0.1) is 6.92 Å². The van der Waals surface area contributed by atoms with Crippen molar-refractivity contribution in [2.24, 2.45) is 5.10 Å². The number of hydrogen-bond donors (Lipinski definition) is 1. The van der Waals surface area contributed by atoms with Crippen molar-refractivity contribution in [3.8, 4) is 11.5 Å². The van der Waals surface area contributed by atoms with Crippen LogP contribution in [0.4, 0.5) is 0 Å². The molecule has 0 fully saturated rings. The topological polar surface area (TPSA) is 59.9 Å². The third-order valence-electron chi connectivity index (χ3n) is 3.40. The van der Waals surface area contributed by atoms with Gasteiger partial charge in [0.25, 0.3) is 5.91 Å². The molecular formula is C19H20BrClN2O3. The second-order valence-corrected chi connectivity index (χ2v) is 6.63. The molecule has 0 spiro atoms. The van der Waals surface area contributed by atoms with Crippen molar-refractivity contribution in [2.75, 3.05) is 13.2 Å². The summed E-state index contributed by atoms with van der Waals surface area (Å²) in [4.78, 5) is 12.2. The zero-order valence-corrected chi connectivity index (χ0v) is 17.1. The summed E-state index contributed by atoms with van der Waals surface area (Å²) in [7, 11) is 0. The van der Waals surface area contributed by atoms with Crippen molar-refractivity contribution < 1.29 is 14.3 Å². The van der Waals surface area contributed by atoms with Crippen molar-refractivity contribution >= 4 is 39.7 Å². The zero-order valence-electron chi connectivity index (χ0n) is 14.8. The molecule has 0 aromatic heterocycles. The van der Waals surface area contributed by atoms with Gasteiger partial charge in [-0.2, -0.15) is 5.10 Å². The molecule has 1 amide bonds. The van der Waals surface area contributed by atoms with E-state index in [9.17, 15) is 4.79 Å². The number of amides is 1. The lowest BCUT2D eigenvalue weighted by Crippen LogP contribution is -2.18. The Kier molecular flexibility index (Phi) is 7.48. The molecule has 7 heteroatoms. The van der Waals surface area contributed by atoms with E-state index in [2.05, 4.69) is 26.5 Å². The average molecular weight is 440 g/mol. The summed E-state index contributed by atoms with van der Waals surface area (Å²) in [5.41, 5.74) is 4.54. The average Bonchev–Trinajstić information content (AvgIpc) is 2.58. The van der Waals surface area contributed by atoms with E-state index < -0.39 is 0 Å². The number of halogens is 2. The second kappa shape index (κ2) is 9.59. The van der Waals surface area contributed by atoms with E-state index in [0.29, 0.717) is 40.9 Å². The van der Waals surface area contributed by atoms with Gasteiger partial charge in [0.1, 0.15) is 11.5 Å². The third-order valence-corrected chi connectivity index (χ3v) is 4.34. The molecule has 0 aliphatic carbocycles. The molecule has 0 radical (unpaired) electrons. The molecule has 26 heavy (non-hydrogen) atoms. The summed E-state index contributed by atoms with van der Waals surface area (Å²) in [6.45, 7) is 6.76. The van der Waals surface area contributed by atoms with Gasteiger partial charge >= 0.3 is 0 Å².